The Morgan fingerprint density at radius 1 is 0.964 bits per heavy atom. The van der Waals surface area contributed by atoms with Crippen LogP contribution in [0, 0.1) is 5.92 Å². The van der Waals surface area contributed by atoms with Crippen LogP contribution in [0.5, 0.6) is 0 Å². The molecule has 3 heteroatoms. The van der Waals surface area contributed by atoms with Gasteiger partial charge in [0.05, 0.1) is 6.04 Å². The van der Waals surface area contributed by atoms with Crippen molar-refractivity contribution in [3.63, 3.8) is 0 Å². The van der Waals surface area contributed by atoms with Gasteiger partial charge >= 0.3 is 0 Å². The van der Waals surface area contributed by atoms with Crippen LogP contribution in [0.3, 0.4) is 0 Å². The molecule has 2 aliphatic rings. The number of piperidine rings is 1. The van der Waals surface area contributed by atoms with Gasteiger partial charge in [0.25, 0.3) is 0 Å². The van der Waals surface area contributed by atoms with Crippen LogP contribution in [0.2, 0.25) is 0 Å². The Kier molecular flexibility index (Phi) is 6.11. The number of rotatable bonds is 5. The molecule has 0 aliphatic carbocycles. The Balaban J connectivity index is 1.34. The second-order valence-electron chi connectivity index (χ2n) is 8.41. The highest BCUT2D eigenvalue weighted by Gasteiger charge is 2.39. The fraction of sp³-hybridized carbons (Fsp3) is 0.480. The van der Waals surface area contributed by atoms with Crippen LogP contribution in [0.25, 0.3) is 0 Å². The van der Waals surface area contributed by atoms with E-state index in [9.17, 15) is 4.79 Å². The summed E-state index contributed by atoms with van der Waals surface area (Å²) in [4.78, 5) is 17.8. The number of benzene rings is 2. The molecule has 2 aromatic carbocycles. The van der Waals surface area contributed by atoms with Gasteiger partial charge in [-0.2, -0.15) is 0 Å². The molecule has 2 fully saturated rings. The van der Waals surface area contributed by atoms with E-state index in [1.807, 2.05) is 0 Å². The first-order valence-electron chi connectivity index (χ1n) is 10.9. The molecule has 0 bridgehead atoms. The van der Waals surface area contributed by atoms with Gasteiger partial charge in [-0.3, -0.25) is 9.69 Å². The fourth-order valence-electron chi connectivity index (χ4n) is 4.99. The van der Waals surface area contributed by atoms with Crippen LogP contribution in [0.15, 0.2) is 60.7 Å². The summed E-state index contributed by atoms with van der Waals surface area (Å²) in [6, 6.07) is 21.5. The molecule has 0 N–H and O–H groups in total. The van der Waals surface area contributed by atoms with Crippen LogP contribution in [-0.2, 0) is 11.2 Å². The van der Waals surface area contributed by atoms with E-state index in [0.717, 1.165) is 51.9 Å². The van der Waals surface area contributed by atoms with Crippen molar-refractivity contribution in [3.05, 3.63) is 71.8 Å². The van der Waals surface area contributed by atoms with Crippen molar-refractivity contribution in [3.8, 4) is 0 Å². The first-order chi connectivity index (χ1) is 13.7. The third-order valence-electron chi connectivity index (χ3n) is 6.66. The van der Waals surface area contributed by atoms with Gasteiger partial charge in [0, 0.05) is 19.6 Å². The summed E-state index contributed by atoms with van der Waals surface area (Å²) in [5.41, 5.74) is 2.80. The van der Waals surface area contributed by atoms with E-state index < -0.39 is 0 Å². The lowest BCUT2D eigenvalue weighted by Gasteiger charge is -2.35. The minimum Gasteiger partial charge on any atom is -0.341 e. The number of carbonyl (C=O) groups is 1. The van der Waals surface area contributed by atoms with Crippen molar-refractivity contribution < 1.29 is 4.79 Å². The molecule has 2 heterocycles. The standard InChI is InChI=1S/C25H32N2O/c1-2-26-19-23(22-11-7-4-8-12-22)18-24(26)25(28)27-15-13-21(14-16-27)17-20-9-5-3-6-10-20/h3-12,21,23-24H,2,13-19H2,1H3/t23-,24+/m1/s1. The highest BCUT2D eigenvalue weighted by Crippen LogP contribution is 2.33. The predicted octanol–water partition coefficient (Wildman–Crippen LogP) is 4.35. The van der Waals surface area contributed by atoms with E-state index >= 15 is 0 Å². The van der Waals surface area contributed by atoms with Crippen molar-refractivity contribution >= 4 is 5.91 Å². The van der Waals surface area contributed by atoms with Crippen molar-refractivity contribution in [2.75, 3.05) is 26.2 Å². The Hall–Kier alpha value is -2.13. The summed E-state index contributed by atoms with van der Waals surface area (Å²) in [6.45, 7) is 5.96. The Bertz CT molecular complexity index is 753. The SMILES string of the molecule is CCN1C[C@H](c2ccccc2)C[C@H]1C(=O)N1CCC(Cc2ccccc2)CC1. The topological polar surface area (TPSA) is 23.6 Å². The number of likely N-dealkylation sites (N-methyl/N-ethyl adjacent to an activating group) is 1. The van der Waals surface area contributed by atoms with E-state index in [1.165, 1.54) is 11.1 Å². The largest absolute Gasteiger partial charge is 0.341 e. The summed E-state index contributed by atoms with van der Waals surface area (Å²) in [5.74, 6) is 1.54. The monoisotopic (exact) mass is 376 g/mol. The molecule has 0 saturated carbocycles. The van der Waals surface area contributed by atoms with Crippen LogP contribution < -0.4 is 0 Å². The average Bonchev–Trinajstić information content (AvgIpc) is 3.20. The highest BCUT2D eigenvalue weighted by atomic mass is 16.2. The zero-order valence-corrected chi connectivity index (χ0v) is 17.0. The molecule has 2 aliphatic heterocycles. The normalized spacial score (nSPS) is 23.8. The molecule has 1 amide bonds. The molecule has 0 aromatic heterocycles. The van der Waals surface area contributed by atoms with Crippen molar-refractivity contribution in [2.45, 2.75) is 44.6 Å². The van der Waals surface area contributed by atoms with Gasteiger partial charge < -0.3 is 4.90 Å². The maximum Gasteiger partial charge on any atom is 0.239 e. The van der Waals surface area contributed by atoms with Gasteiger partial charge in [-0.25, -0.2) is 0 Å². The zero-order valence-electron chi connectivity index (χ0n) is 17.0. The number of hydrogen-bond donors (Lipinski definition) is 0. The van der Waals surface area contributed by atoms with Crippen LogP contribution in [-0.4, -0.2) is 47.9 Å². The van der Waals surface area contributed by atoms with E-state index in [0.29, 0.717) is 17.7 Å². The number of hydrogen-bond acceptors (Lipinski definition) is 2. The molecule has 2 atom stereocenters. The van der Waals surface area contributed by atoms with Gasteiger partial charge in [-0.1, -0.05) is 67.6 Å². The summed E-state index contributed by atoms with van der Waals surface area (Å²) in [6.07, 6.45) is 4.35. The van der Waals surface area contributed by atoms with Gasteiger partial charge in [0.15, 0.2) is 0 Å². The van der Waals surface area contributed by atoms with Crippen molar-refractivity contribution in [1.82, 2.24) is 9.80 Å². The first-order valence-corrected chi connectivity index (χ1v) is 10.9. The zero-order chi connectivity index (χ0) is 19.3. The van der Waals surface area contributed by atoms with E-state index in [-0.39, 0.29) is 6.04 Å². The number of nitrogens with zero attached hydrogens (tertiary/aromatic N) is 2. The molecule has 3 nitrogen and oxygen atoms in total. The molecule has 28 heavy (non-hydrogen) atoms. The van der Waals surface area contributed by atoms with Gasteiger partial charge in [0.1, 0.15) is 0 Å². The molecule has 4 rings (SSSR count). The second kappa shape index (κ2) is 8.91. The summed E-state index contributed by atoms with van der Waals surface area (Å²) in [5, 5.41) is 0. The maximum atomic E-state index is 13.3. The molecule has 0 unspecified atom stereocenters. The molecule has 0 spiro atoms. The first kappa shape index (κ1) is 19.2. The van der Waals surface area contributed by atoms with Crippen LogP contribution >= 0.6 is 0 Å². The van der Waals surface area contributed by atoms with E-state index in [2.05, 4.69) is 77.4 Å². The lowest BCUT2D eigenvalue weighted by Crippen LogP contribution is -2.48. The van der Waals surface area contributed by atoms with Crippen molar-refractivity contribution in [2.24, 2.45) is 5.92 Å². The predicted molar refractivity (Wildman–Crippen MR) is 114 cm³/mol. The average molecular weight is 377 g/mol. The van der Waals surface area contributed by atoms with Gasteiger partial charge in [0.2, 0.25) is 5.91 Å². The van der Waals surface area contributed by atoms with Crippen LogP contribution in [0.4, 0.5) is 0 Å². The minimum absolute atomic E-state index is 0.0564. The van der Waals surface area contributed by atoms with Crippen molar-refractivity contribution in [1.29, 1.82) is 0 Å². The van der Waals surface area contributed by atoms with Crippen LogP contribution in [0.1, 0.15) is 43.2 Å². The van der Waals surface area contributed by atoms with Gasteiger partial charge in [-0.15, -0.1) is 0 Å². The van der Waals surface area contributed by atoms with E-state index in [4.69, 9.17) is 0 Å². The molecular weight excluding hydrogens is 344 g/mol. The summed E-state index contributed by atoms with van der Waals surface area (Å²) in [7, 11) is 0. The number of carbonyl (C=O) groups excluding carboxylic acids is 1. The lowest BCUT2D eigenvalue weighted by molar-refractivity contribution is -0.137. The molecule has 2 aromatic rings. The maximum absolute atomic E-state index is 13.3. The second-order valence-corrected chi connectivity index (χ2v) is 8.41. The summed E-state index contributed by atoms with van der Waals surface area (Å²) < 4.78 is 0. The molecule has 0 radical (unpaired) electrons. The third-order valence-corrected chi connectivity index (χ3v) is 6.66. The Morgan fingerprint density at radius 3 is 2.25 bits per heavy atom. The Labute approximate surface area is 169 Å². The third kappa shape index (κ3) is 4.30. The molecule has 148 valence electrons. The fourth-order valence-corrected chi connectivity index (χ4v) is 4.99. The minimum atomic E-state index is 0.0564. The Morgan fingerprint density at radius 2 is 1.61 bits per heavy atom. The highest BCUT2D eigenvalue weighted by molar-refractivity contribution is 5.82. The lowest BCUT2D eigenvalue weighted by atomic mass is 9.89. The number of likely N-dealkylation sites (tertiary alicyclic amines) is 2. The molecule has 2 saturated heterocycles. The van der Waals surface area contributed by atoms with Gasteiger partial charge in [-0.05, 0) is 55.2 Å². The summed E-state index contributed by atoms with van der Waals surface area (Å²) >= 11 is 0. The quantitative estimate of drug-likeness (QED) is 0.775. The molecular formula is C25H32N2O. The number of amides is 1. The smallest absolute Gasteiger partial charge is 0.239 e. The van der Waals surface area contributed by atoms with E-state index in [1.54, 1.807) is 0 Å².